The SMILES string of the molecule is CC1(C)CC(=O)C2=C(C1)N(c1sc3c(c1C#N)CCCCC3)C(=O)C[C@@H]2c1cccc([N+](=O)[O-])c1. The number of fused-ring (bicyclic) bond motifs is 1. The number of nitro benzene ring substituents is 1. The number of hydrogen-bond donors (Lipinski definition) is 0. The third-order valence-electron chi connectivity index (χ3n) is 7.34. The molecule has 1 atom stereocenters. The zero-order chi connectivity index (χ0) is 24.9. The van der Waals surface area contributed by atoms with Crippen LogP contribution < -0.4 is 4.90 Å². The van der Waals surface area contributed by atoms with E-state index >= 15 is 0 Å². The van der Waals surface area contributed by atoms with Crippen LogP contribution in [0.3, 0.4) is 0 Å². The number of allylic oxidation sites excluding steroid dienone is 2. The van der Waals surface area contributed by atoms with Crippen LogP contribution in [0.2, 0.25) is 0 Å². The zero-order valence-corrected chi connectivity index (χ0v) is 20.7. The van der Waals surface area contributed by atoms with Crippen LogP contribution in [0.15, 0.2) is 35.5 Å². The molecule has 7 nitrogen and oxygen atoms in total. The first kappa shape index (κ1) is 23.4. The topological polar surface area (TPSA) is 104 Å². The Labute approximate surface area is 208 Å². The molecule has 2 heterocycles. The lowest BCUT2D eigenvalue weighted by Gasteiger charge is -2.42. The lowest BCUT2D eigenvalue weighted by Crippen LogP contribution is -2.43. The Kier molecular flexibility index (Phi) is 5.84. The van der Waals surface area contributed by atoms with Gasteiger partial charge in [0.25, 0.3) is 5.69 Å². The molecule has 8 heteroatoms. The van der Waals surface area contributed by atoms with Crippen molar-refractivity contribution in [3.8, 4) is 6.07 Å². The summed E-state index contributed by atoms with van der Waals surface area (Å²) in [5.41, 5.74) is 3.06. The van der Waals surface area contributed by atoms with E-state index in [9.17, 15) is 25.0 Å². The summed E-state index contributed by atoms with van der Waals surface area (Å²) < 4.78 is 0. The zero-order valence-electron chi connectivity index (χ0n) is 19.9. The second kappa shape index (κ2) is 8.72. The van der Waals surface area contributed by atoms with Crippen molar-refractivity contribution in [3.05, 3.63) is 67.2 Å². The van der Waals surface area contributed by atoms with E-state index < -0.39 is 10.8 Å². The second-order valence-electron chi connectivity index (χ2n) is 10.5. The van der Waals surface area contributed by atoms with Crippen molar-refractivity contribution in [1.29, 1.82) is 5.26 Å². The Morgan fingerprint density at radius 1 is 1.17 bits per heavy atom. The summed E-state index contributed by atoms with van der Waals surface area (Å²) in [6.45, 7) is 4.03. The minimum Gasteiger partial charge on any atom is -0.294 e. The number of aryl methyl sites for hydroxylation is 1. The Hall–Kier alpha value is -3.31. The van der Waals surface area contributed by atoms with Crippen LogP contribution in [0.25, 0.3) is 0 Å². The van der Waals surface area contributed by atoms with Crippen molar-refractivity contribution in [1.82, 2.24) is 0 Å². The molecule has 3 aliphatic rings. The smallest absolute Gasteiger partial charge is 0.269 e. The van der Waals surface area contributed by atoms with Crippen LogP contribution >= 0.6 is 11.3 Å². The van der Waals surface area contributed by atoms with E-state index in [1.165, 1.54) is 28.3 Å². The van der Waals surface area contributed by atoms with Gasteiger partial charge in [-0.05, 0) is 48.6 Å². The molecule has 0 fully saturated rings. The molecule has 0 spiro atoms. The van der Waals surface area contributed by atoms with E-state index in [-0.39, 0.29) is 29.2 Å². The van der Waals surface area contributed by atoms with Crippen molar-refractivity contribution in [2.75, 3.05) is 4.90 Å². The first-order chi connectivity index (χ1) is 16.7. The number of hydrogen-bond acceptors (Lipinski definition) is 6. The number of carbonyl (C=O) groups is 2. The van der Waals surface area contributed by atoms with E-state index in [0.717, 1.165) is 37.7 Å². The van der Waals surface area contributed by atoms with Gasteiger partial charge in [-0.2, -0.15) is 5.26 Å². The first-order valence-electron chi connectivity index (χ1n) is 12.1. The Balaban J connectivity index is 1.70. The van der Waals surface area contributed by atoms with Crippen molar-refractivity contribution < 1.29 is 14.5 Å². The van der Waals surface area contributed by atoms with Crippen molar-refractivity contribution >= 4 is 33.7 Å². The molecule has 2 aromatic rings. The predicted molar refractivity (Wildman–Crippen MR) is 133 cm³/mol. The number of nitriles is 1. The van der Waals surface area contributed by atoms with Crippen LogP contribution in [0, 0.1) is 26.9 Å². The second-order valence-corrected chi connectivity index (χ2v) is 11.6. The molecule has 0 bridgehead atoms. The molecule has 0 radical (unpaired) electrons. The highest BCUT2D eigenvalue weighted by Gasteiger charge is 2.45. The maximum absolute atomic E-state index is 13.8. The van der Waals surface area contributed by atoms with Crippen molar-refractivity contribution in [2.24, 2.45) is 5.41 Å². The molecular formula is C27H27N3O4S. The number of Topliss-reactive ketones (excluding diaryl/α,β-unsaturated/α-hetero) is 1. The molecule has 1 amide bonds. The van der Waals surface area contributed by atoms with Gasteiger partial charge < -0.3 is 0 Å². The van der Waals surface area contributed by atoms with Crippen LogP contribution in [0.1, 0.15) is 79.9 Å². The summed E-state index contributed by atoms with van der Waals surface area (Å²) in [4.78, 5) is 41.0. The van der Waals surface area contributed by atoms with Gasteiger partial charge in [0.1, 0.15) is 11.1 Å². The monoisotopic (exact) mass is 489 g/mol. The average molecular weight is 490 g/mol. The fourth-order valence-corrected chi connectivity index (χ4v) is 7.17. The summed E-state index contributed by atoms with van der Waals surface area (Å²) in [5, 5.41) is 22.1. The number of rotatable bonds is 3. The largest absolute Gasteiger partial charge is 0.294 e. The summed E-state index contributed by atoms with van der Waals surface area (Å²) in [7, 11) is 0. The molecule has 0 N–H and O–H groups in total. The van der Waals surface area contributed by atoms with E-state index in [1.54, 1.807) is 17.0 Å². The highest BCUT2D eigenvalue weighted by molar-refractivity contribution is 7.16. The maximum Gasteiger partial charge on any atom is 0.269 e. The molecule has 0 saturated heterocycles. The fraction of sp³-hybridized carbons (Fsp3) is 0.444. The lowest BCUT2D eigenvalue weighted by atomic mass is 9.69. The van der Waals surface area contributed by atoms with Crippen LogP contribution in [0.5, 0.6) is 0 Å². The highest BCUT2D eigenvalue weighted by Crippen LogP contribution is 2.51. The highest BCUT2D eigenvalue weighted by atomic mass is 32.1. The Morgan fingerprint density at radius 2 is 1.94 bits per heavy atom. The minimum atomic E-state index is -0.527. The third-order valence-corrected chi connectivity index (χ3v) is 8.62. The summed E-state index contributed by atoms with van der Waals surface area (Å²) in [5.74, 6) is -0.721. The van der Waals surface area contributed by atoms with Gasteiger partial charge in [0.2, 0.25) is 5.91 Å². The van der Waals surface area contributed by atoms with Gasteiger partial charge >= 0.3 is 0 Å². The normalized spacial score (nSPS) is 21.7. The minimum absolute atomic E-state index is 0.0260. The van der Waals surface area contributed by atoms with Crippen molar-refractivity contribution in [3.63, 3.8) is 0 Å². The maximum atomic E-state index is 13.8. The Morgan fingerprint density at radius 3 is 2.69 bits per heavy atom. The van der Waals surface area contributed by atoms with Crippen LogP contribution in [0.4, 0.5) is 10.7 Å². The quantitative estimate of drug-likeness (QED) is 0.300. The average Bonchev–Trinajstić information content (AvgIpc) is 2.97. The molecule has 180 valence electrons. The molecule has 1 aromatic carbocycles. The molecular weight excluding hydrogens is 462 g/mol. The number of amides is 1. The van der Waals surface area contributed by atoms with E-state index in [1.807, 2.05) is 13.8 Å². The molecule has 35 heavy (non-hydrogen) atoms. The van der Waals surface area contributed by atoms with Gasteiger partial charge in [0.15, 0.2) is 5.78 Å². The number of nitro groups is 1. The van der Waals surface area contributed by atoms with E-state index in [0.29, 0.717) is 40.2 Å². The summed E-state index contributed by atoms with van der Waals surface area (Å²) >= 11 is 1.52. The van der Waals surface area contributed by atoms with Gasteiger partial charge in [-0.25, -0.2) is 0 Å². The molecule has 1 aromatic heterocycles. The molecule has 0 saturated carbocycles. The first-order valence-corrected chi connectivity index (χ1v) is 12.9. The van der Waals surface area contributed by atoms with Crippen LogP contribution in [-0.2, 0) is 22.4 Å². The van der Waals surface area contributed by atoms with Gasteiger partial charge in [-0.15, -0.1) is 11.3 Å². The van der Waals surface area contributed by atoms with Gasteiger partial charge in [-0.3, -0.25) is 24.6 Å². The Bertz CT molecular complexity index is 1330. The lowest BCUT2D eigenvalue weighted by molar-refractivity contribution is -0.384. The third kappa shape index (κ3) is 4.08. The number of ketones is 1. The summed E-state index contributed by atoms with van der Waals surface area (Å²) in [6, 6.07) is 8.62. The van der Waals surface area contributed by atoms with Gasteiger partial charge in [0, 0.05) is 47.0 Å². The number of thiophene rings is 1. The number of non-ortho nitro benzene ring substituents is 1. The summed E-state index contributed by atoms with van der Waals surface area (Å²) in [6.07, 6.45) is 5.89. The number of benzene rings is 1. The molecule has 1 aliphatic heterocycles. The molecule has 0 unspecified atom stereocenters. The molecule has 2 aliphatic carbocycles. The standard InChI is InChI=1S/C27H27N3O4S/c1-27(2)13-21-25(22(31)14-27)19(16-7-6-8-17(11-16)30(33)34)12-24(32)29(21)26-20(15-28)18-9-4-3-5-10-23(18)35-26/h6-8,11,19H,3-5,9-10,12-14H2,1-2H3/t19-/m1/s1. The number of nitrogens with zero attached hydrogens (tertiary/aromatic N) is 3. The van der Waals surface area contributed by atoms with Gasteiger partial charge in [0.05, 0.1) is 10.5 Å². The van der Waals surface area contributed by atoms with E-state index in [2.05, 4.69) is 6.07 Å². The van der Waals surface area contributed by atoms with Gasteiger partial charge in [-0.1, -0.05) is 32.4 Å². The fourth-order valence-electron chi connectivity index (χ4n) is 5.79. The van der Waals surface area contributed by atoms with Crippen molar-refractivity contribution in [2.45, 2.75) is 71.1 Å². The number of carbonyl (C=O) groups excluding carboxylic acids is 2. The van der Waals surface area contributed by atoms with Crippen LogP contribution in [-0.4, -0.2) is 16.6 Å². The predicted octanol–water partition coefficient (Wildman–Crippen LogP) is 5.96. The molecule has 5 rings (SSSR count). The van der Waals surface area contributed by atoms with E-state index in [4.69, 9.17) is 0 Å². The number of anilines is 1.